The minimum atomic E-state index is -0.940. The van der Waals surface area contributed by atoms with Crippen molar-refractivity contribution in [3.05, 3.63) is 17.8 Å². The summed E-state index contributed by atoms with van der Waals surface area (Å²) < 4.78 is 4.99. The Labute approximate surface area is 104 Å². The lowest BCUT2D eigenvalue weighted by Crippen LogP contribution is -2.26. The van der Waals surface area contributed by atoms with Crippen LogP contribution in [0.25, 0.3) is 0 Å². The van der Waals surface area contributed by atoms with Gasteiger partial charge in [-0.2, -0.15) is 0 Å². The molecule has 1 unspecified atom stereocenters. The van der Waals surface area contributed by atoms with Crippen LogP contribution in [0.3, 0.4) is 0 Å². The molecule has 1 N–H and O–H groups in total. The molecule has 6 nitrogen and oxygen atoms in total. The molecule has 1 saturated heterocycles. The fraction of sp³-hybridized carbons (Fsp3) is 0.417. The van der Waals surface area contributed by atoms with Crippen molar-refractivity contribution in [2.24, 2.45) is 5.92 Å². The molecule has 1 atom stereocenters. The van der Waals surface area contributed by atoms with Crippen molar-refractivity contribution in [2.45, 2.75) is 13.3 Å². The molecule has 0 saturated carbocycles. The lowest BCUT2D eigenvalue weighted by molar-refractivity contribution is -0.141. The van der Waals surface area contributed by atoms with Gasteiger partial charge in [0.1, 0.15) is 0 Å². The summed E-state index contributed by atoms with van der Waals surface area (Å²) in [4.78, 5) is 28.3. The molecule has 96 valence electrons. The average molecular weight is 250 g/mol. The normalized spacial score (nSPS) is 19.1. The Hall–Kier alpha value is -2.11. The molecule has 18 heavy (non-hydrogen) atoms. The molecule has 1 aromatic heterocycles. The fourth-order valence-corrected chi connectivity index (χ4v) is 2.04. The van der Waals surface area contributed by atoms with Crippen molar-refractivity contribution < 1.29 is 19.4 Å². The number of carboxylic acid groups (broad SMARTS) is 1. The Kier molecular flexibility index (Phi) is 3.18. The lowest BCUT2D eigenvalue weighted by Gasteiger charge is -2.18. The smallest absolute Gasteiger partial charge is 0.308 e. The van der Waals surface area contributed by atoms with E-state index in [9.17, 15) is 9.59 Å². The number of carboxylic acids is 1. The molecule has 0 bridgehead atoms. The zero-order chi connectivity index (χ0) is 13.3. The summed E-state index contributed by atoms with van der Waals surface area (Å²) in [6, 6.07) is 3.38. The quantitative estimate of drug-likeness (QED) is 0.859. The van der Waals surface area contributed by atoms with E-state index in [1.54, 1.807) is 19.1 Å². The molecule has 1 amide bonds. The van der Waals surface area contributed by atoms with Gasteiger partial charge < -0.3 is 14.7 Å². The van der Waals surface area contributed by atoms with Crippen LogP contribution in [-0.2, 0) is 9.59 Å². The van der Waals surface area contributed by atoms with E-state index in [0.29, 0.717) is 17.3 Å². The Morgan fingerprint density at radius 2 is 2.28 bits per heavy atom. The molecule has 0 aromatic carbocycles. The number of aryl methyl sites for hydroxylation is 1. The van der Waals surface area contributed by atoms with E-state index in [-0.39, 0.29) is 18.9 Å². The predicted molar refractivity (Wildman–Crippen MR) is 63.6 cm³/mol. The maximum Gasteiger partial charge on any atom is 0.308 e. The first-order valence-electron chi connectivity index (χ1n) is 5.57. The first kappa shape index (κ1) is 12.3. The van der Waals surface area contributed by atoms with Gasteiger partial charge in [0, 0.05) is 19.0 Å². The number of amides is 1. The summed E-state index contributed by atoms with van der Waals surface area (Å²) in [5.41, 5.74) is 1.29. The molecule has 6 heteroatoms. The van der Waals surface area contributed by atoms with Gasteiger partial charge in [-0.05, 0) is 13.0 Å². The van der Waals surface area contributed by atoms with Crippen LogP contribution in [0.4, 0.5) is 5.69 Å². The van der Waals surface area contributed by atoms with Crippen LogP contribution in [0.5, 0.6) is 5.88 Å². The molecule has 1 aromatic rings. The number of ether oxygens (including phenoxy) is 1. The van der Waals surface area contributed by atoms with E-state index in [0.717, 1.165) is 0 Å². The lowest BCUT2D eigenvalue weighted by atomic mass is 10.1. The highest BCUT2D eigenvalue weighted by molar-refractivity contribution is 5.99. The maximum absolute atomic E-state index is 11.8. The van der Waals surface area contributed by atoms with E-state index in [1.807, 2.05) is 0 Å². The molecule has 1 aliphatic heterocycles. The van der Waals surface area contributed by atoms with Gasteiger partial charge in [-0.15, -0.1) is 0 Å². The zero-order valence-corrected chi connectivity index (χ0v) is 10.2. The molecule has 0 aliphatic carbocycles. The fourth-order valence-electron chi connectivity index (χ4n) is 2.04. The molecule has 2 heterocycles. The Bertz CT molecular complexity index is 501. The van der Waals surface area contributed by atoms with Crippen LogP contribution in [0, 0.1) is 12.8 Å². The van der Waals surface area contributed by atoms with E-state index in [4.69, 9.17) is 9.84 Å². The van der Waals surface area contributed by atoms with Crippen LogP contribution in [0.15, 0.2) is 12.1 Å². The molecule has 0 radical (unpaired) electrons. The van der Waals surface area contributed by atoms with Gasteiger partial charge in [0.15, 0.2) is 0 Å². The summed E-state index contributed by atoms with van der Waals surface area (Å²) in [6.45, 7) is 1.96. The number of carbonyl (C=O) groups is 2. The number of anilines is 1. The van der Waals surface area contributed by atoms with Crippen molar-refractivity contribution in [2.75, 3.05) is 18.6 Å². The maximum atomic E-state index is 11.8. The first-order chi connectivity index (χ1) is 8.52. The first-order valence-corrected chi connectivity index (χ1v) is 5.57. The number of pyridine rings is 1. The van der Waals surface area contributed by atoms with Crippen LogP contribution >= 0.6 is 0 Å². The average Bonchev–Trinajstić information content (AvgIpc) is 2.71. The third-order valence-corrected chi connectivity index (χ3v) is 3.01. The second-order valence-corrected chi connectivity index (χ2v) is 4.20. The third-order valence-electron chi connectivity index (χ3n) is 3.01. The zero-order valence-electron chi connectivity index (χ0n) is 10.2. The number of hydrogen-bond donors (Lipinski definition) is 1. The Balaban J connectivity index is 2.27. The highest BCUT2D eigenvalue weighted by Gasteiger charge is 2.35. The SMILES string of the molecule is COc1ccc(N2CC(C(=O)O)CC2=O)c(C)n1. The van der Waals surface area contributed by atoms with Gasteiger partial charge in [-0.1, -0.05) is 0 Å². The monoisotopic (exact) mass is 250 g/mol. The number of carbonyl (C=O) groups excluding carboxylic acids is 1. The van der Waals surface area contributed by atoms with Gasteiger partial charge in [-0.3, -0.25) is 9.59 Å². The number of hydrogen-bond acceptors (Lipinski definition) is 4. The van der Waals surface area contributed by atoms with E-state index < -0.39 is 11.9 Å². The number of methoxy groups -OCH3 is 1. The van der Waals surface area contributed by atoms with Crippen LogP contribution in [-0.4, -0.2) is 35.6 Å². The molecular weight excluding hydrogens is 236 g/mol. The molecular formula is C12H14N2O4. The van der Waals surface area contributed by atoms with Crippen LogP contribution < -0.4 is 9.64 Å². The van der Waals surface area contributed by atoms with Crippen LogP contribution in [0.2, 0.25) is 0 Å². The van der Waals surface area contributed by atoms with Crippen molar-refractivity contribution >= 4 is 17.6 Å². The molecule has 1 aliphatic rings. The number of aliphatic carboxylic acids is 1. The summed E-state index contributed by atoms with van der Waals surface area (Å²) in [5.74, 6) is -1.29. The standard InChI is InChI=1S/C12H14N2O4/c1-7-9(3-4-10(13-7)18-2)14-6-8(12(16)17)5-11(14)15/h3-4,8H,5-6H2,1-2H3,(H,16,17). The van der Waals surface area contributed by atoms with Crippen molar-refractivity contribution in [1.82, 2.24) is 4.98 Å². The van der Waals surface area contributed by atoms with Gasteiger partial charge in [-0.25, -0.2) is 4.98 Å². The Morgan fingerprint density at radius 1 is 1.56 bits per heavy atom. The minimum absolute atomic E-state index is 0.0425. The number of aromatic nitrogens is 1. The molecule has 1 fully saturated rings. The summed E-state index contributed by atoms with van der Waals surface area (Å²) >= 11 is 0. The van der Waals surface area contributed by atoms with Crippen molar-refractivity contribution in [3.63, 3.8) is 0 Å². The largest absolute Gasteiger partial charge is 0.481 e. The Morgan fingerprint density at radius 3 is 2.78 bits per heavy atom. The summed E-state index contributed by atoms with van der Waals surface area (Å²) in [5, 5.41) is 8.93. The van der Waals surface area contributed by atoms with Crippen molar-refractivity contribution in [1.29, 1.82) is 0 Å². The molecule has 0 spiro atoms. The van der Waals surface area contributed by atoms with Gasteiger partial charge in [0.05, 0.1) is 24.4 Å². The number of nitrogens with zero attached hydrogens (tertiary/aromatic N) is 2. The second kappa shape index (κ2) is 4.64. The highest BCUT2D eigenvalue weighted by atomic mass is 16.5. The van der Waals surface area contributed by atoms with E-state index in [2.05, 4.69) is 4.98 Å². The van der Waals surface area contributed by atoms with E-state index in [1.165, 1.54) is 12.0 Å². The highest BCUT2D eigenvalue weighted by Crippen LogP contribution is 2.28. The van der Waals surface area contributed by atoms with Crippen LogP contribution in [0.1, 0.15) is 12.1 Å². The van der Waals surface area contributed by atoms with Gasteiger partial charge in [0.2, 0.25) is 11.8 Å². The number of rotatable bonds is 3. The van der Waals surface area contributed by atoms with E-state index >= 15 is 0 Å². The summed E-state index contributed by atoms with van der Waals surface area (Å²) in [6.07, 6.45) is 0.0425. The predicted octanol–water partition coefficient (Wildman–Crippen LogP) is 0.836. The second-order valence-electron chi connectivity index (χ2n) is 4.20. The minimum Gasteiger partial charge on any atom is -0.481 e. The van der Waals surface area contributed by atoms with Crippen molar-refractivity contribution in [3.8, 4) is 5.88 Å². The molecule has 2 rings (SSSR count). The third kappa shape index (κ3) is 2.13. The topological polar surface area (TPSA) is 79.7 Å². The van der Waals surface area contributed by atoms with Gasteiger partial charge >= 0.3 is 5.97 Å². The summed E-state index contributed by atoms with van der Waals surface area (Å²) in [7, 11) is 1.52. The van der Waals surface area contributed by atoms with Gasteiger partial charge in [0.25, 0.3) is 0 Å².